The SMILES string of the molecule is CN(C)C=CC(=O)c1ccc2c3c(cccc13)CC2. The van der Waals surface area contributed by atoms with Crippen LogP contribution in [0.1, 0.15) is 21.5 Å². The lowest BCUT2D eigenvalue weighted by molar-refractivity contribution is 0.104. The molecule has 2 nitrogen and oxygen atoms in total. The lowest BCUT2D eigenvalue weighted by atomic mass is 9.97. The van der Waals surface area contributed by atoms with E-state index in [2.05, 4.69) is 24.3 Å². The van der Waals surface area contributed by atoms with Gasteiger partial charge < -0.3 is 4.90 Å². The van der Waals surface area contributed by atoms with E-state index in [4.69, 9.17) is 0 Å². The van der Waals surface area contributed by atoms with E-state index in [-0.39, 0.29) is 5.78 Å². The largest absolute Gasteiger partial charge is 0.383 e. The maximum absolute atomic E-state index is 12.3. The van der Waals surface area contributed by atoms with Gasteiger partial charge in [-0.1, -0.05) is 30.3 Å². The summed E-state index contributed by atoms with van der Waals surface area (Å²) in [5.74, 6) is 0.0734. The molecule has 0 N–H and O–H groups in total. The Hall–Kier alpha value is -2.09. The predicted molar refractivity (Wildman–Crippen MR) is 78.5 cm³/mol. The van der Waals surface area contributed by atoms with Gasteiger partial charge >= 0.3 is 0 Å². The molecule has 0 saturated heterocycles. The van der Waals surface area contributed by atoms with E-state index >= 15 is 0 Å². The smallest absolute Gasteiger partial charge is 0.187 e. The maximum atomic E-state index is 12.3. The summed E-state index contributed by atoms with van der Waals surface area (Å²) in [7, 11) is 3.83. The molecule has 0 unspecified atom stereocenters. The van der Waals surface area contributed by atoms with Gasteiger partial charge in [0.1, 0.15) is 0 Å². The molecular formula is C17H17NO. The minimum atomic E-state index is 0.0734. The lowest BCUT2D eigenvalue weighted by Gasteiger charge is -2.07. The molecule has 0 heterocycles. The number of ketones is 1. The predicted octanol–water partition coefficient (Wildman–Crippen LogP) is 3.20. The molecule has 0 amide bonds. The van der Waals surface area contributed by atoms with Gasteiger partial charge in [0.25, 0.3) is 0 Å². The number of hydrogen-bond donors (Lipinski definition) is 0. The fourth-order valence-electron chi connectivity index (χ4n) is 2.77. The second-order valence-electron chi connectivity index (χ2n) is 5.26. The number of hydrogen-bond acceptors (Lipinski definition) is 2. The number of carbonyl (C=O) groups is 1. The number of allylic oxidation sites excluding steroid dienone is 1. The Morgan fingerprint density at radius 3 is 2.58 bits per heavy atom. The number of nitrogens with zero attached hydrogens (tertiary/aromatic N) is 1. The summed E-state index contributed by atoms with van der Waals surface area (Å²) in [5.41, 5.74) is 3.55. The average molecular weight is 251 g/mol. The second kappa shape index (κ2) is 4.54. The number of carbonyl (C=O) groups excluding carboxylic acids is 1. The Morgan fingerprint density at radius 2 is 1.84 bits per heavy atom. The summed E-state index contributed by atoms with van der Waals surface area (Å²) in [5, 5.41) is 2.40. The van der Waals surface area contributed by atoms with Gasteiger partial charge in [-0.3, -0.25) is 4.79 Å². The van der Waals surface area contributed by atoms with Crippen molar-refractivity contribution in [3.05, 3.63) is 59.3 Å². The Labute approximate surface area is 113 Å². The first kappa shape index (κ1) is 12.0. The number of aryl methyl sites for hydroxylation is 2. The Balaban J connectivity index is 2.14. The summed E-state index contributed by atoms with van der Waals surface area (Å²) in [6, 6.07) is 10.4. The Morgan fingerprint density at radius 1 is 1.11 bits per heavy atom. The van der Waals surface area contributed by atoms with Crippen molar-refractivity contribution in [3.8, 4) is 0 Å². The first-order valence-electron chi connectivity index (χ1n) is 6.59. The molecule has 96 valence electrons. The summed E-state index contributed by atoms with van der Waals surface area (Å²) < 4.78 is 0. The van der Waals surface area contributed by atoms with E-state index in [0.29, 0.717) is 0 Å². The van der Waals surface area contributed by atoms with Gasteiger partial charge in [0, 0.05) is 31.9 Å². The third-order valence-corrected chi connectivity index (χ3v) is 3.67. The van der Waals surface area contributed by atoms with Crippen LogP contribution in [0.4, 0.5) is 0 Å². The molecular weight excluding hydrogens is 234 g/mol. The van der Waals surface area contributed by atoms with Crippen LogP contribution in [0.2, 0.25) is 0 Å². The topological polar surface area (TPSA) is 20.3 Å². The van der Waals surface area contributed by atoms with Crippen molar-refractivity contribution in [1.29, 1.82) is 0 Å². The van der Waals surface area contributed by atoms with Crippen LogP contribution >= 0.6 is 0 Å². The Kier molecular flexibility index (Phi) is 2.86. The van der Waals surface area contributed by atoms with Gasteiger partial charge in [0.15, 0.2) is 5.78 Å². The van der Waals surface area contributed by atoms with Crippen LogP contribution < -0.4 is 0 Å². The van der Waals surface area contributed by atoms with Gasteiger partial charge in [0.05, 0.1) is 0 Å². The molecule has 0 aliphatic heterocycles. The standard InChI is InChI=1S/C17H17NO/c1-18(2)11-10-16(19)14-9-8-13-7-6-12-4-3-5-15(14)17(12)13/h3-5,8-11H,6-7H2,1-2H3. The number of rotatable bonds is 3. The van der Waals surface area contributed by atoms with Crippen molar-refractivity contribution in [2.45, 2.75) is 12.8 Å². The molecule has 1 aliphatic rings. The van der Waals surface area contributed by atoms with Gasteiger partial charge in [0.2, 0.25) is 0 Å². The van der Waals surface area contributed by atoms with Gasteiger partial charge in [-0.25, -0.2) is 0 Å². The van der Waals surface area contributed by atoms with E-state index in [0.717, 1.165) is 23.8 Å². The molecule has 0 radical (unpaired) electrons. The lowest BCUT2D eigenvalue weighted by Crippen LogP contribution is -2.03. The van der Waals surface area contributed by atoms with E-state index in [1.54, 1.807) is 12.3 Å². The summed E-state index contributed by atoms with van der Waals surface area (Å²) in [6.07, 6.45) is 5.63. The fourth-order valence-corrected chi connectivity index (χ4v) is 2.77. The van der Waals surface area contributed by atoms with Crippen LogP contribution in [-0.2, 0) is 12.8 Å². The molecule has 1 aliphatic carbocycles. The molecule has 0 aromatic heterocycles. The van der Waals surface area contributed by atoms with Crippen LogP contribution in [-0.4, -0.2) is 24.8 Å². The van der Waals surface area contributed by atoms with E-state index in [9.17, 15) is 4.79 Å². The third kappa shape index (κ3) is 2.03. The highest BCUT2D eigenvalue weighted by Gasteiger charge is 2.17. The normalized spacial score (nSPS) is 13.4. The van der Waals surface area contributed by atoms with E-state index in [1.807, 2.05) is 25.1 Å². The van der Waals surface area contributed by atoms with Crippen molar-refractivity contribution in [2.24, 2.45) is 0 Å². The van der Waals surface area contributed by atoms with Crippen molar-refractivity contribution in [1.82, 2.24) is 4.90 Å². The molecule has 0 atom stereocenters. The highest BCUT2D eigenvalue weighted by molar-refractivity contribution is 6.14. The van der Waals surface area contributed by atoms with Crippen molar-refractivity contribution in [3.63, 3.8) is 0 Å². The van der Waals surface area contributed by atoms with Crippen molar-refractivity contribution >= 4 is 16.6 Å². The highest BCUT2D eigenvalue weighted by Crippen LogP contribution is 2.32. The van der Waals surface area contributed by atoms with Crippen LogP contribution in [0.25, 0.3) is 10.8 Å². The highest BCUT2D eigenvalue weighted by atomic mass is 16.1. The van der Waals surface area contributed by atoms with Crippen LogP contribution in [0, 0.1) is 0 Å². The van der Waals surface area contributed by atoms with Crippen LogP contribution in [0.3, 0.4) is 0 Å². The van der Waals surface area contributed by atoms with E-state index in [1.165, 1.54) is 16.5 Å². The Bertz CT molecular complexity index is 673. The van der Waals surface area contributed by atoms with Gasteiger partial charge in [-0.2, -0.15) is 0 Å². The zero-order chi connectivity index (χ0) is 13.4. The zero-order valence-electron chi connectivity index (χ0n) is 11.3. The molecule has 2 aromatic rings. The molecule has 0 bridgehead atoms. The van der Waals surface area contributed by atoms with Crippen LogP contribution in [0.5, 0.6) is 0 Å². The third-order valence-electron chi connectivity index (χ3n) is 3.67. The molecule has 2 aromatic carbocycles. The second-order valence-corrected chi connectivity index (χ2v) is 5.26. The fraction of sp³-hybridized carbons (Fsp3) is 0.235. The summed E-state index contributed by atoms with van der Waals surface area (Å²) in [6.45, 7) is 0. The minimum Gasteiger partial charge on any atom is -0.383 e. The molecule has 0 spiro atoms. The average Bonchev–Trinajstić information content (AvgIpc) is 2.82. The van der Waals surface area contributed by atoms with Crippen LogP contribution in [0.15, 0.2) is 42.6 Å². The summed E-state index contributed by atoms with van der Waals surface area (Å²) >= 11 is 0. The monoisotopic (exact) mass is 251 g/mol. The maximum Gasteiger partial charge on any atom is 0.187 e. The summed E-state index contributed by atoms with van der Waals surface area (Å²) in [4.78, 5) is 14.2. The first-order chi connectivity index (χ1) is 9.16. The van der Waals surface area contributed by atoms with Gasteiger partial charge in [-0.15, -0.1) is 0 Å². The minimum absolute atomic E-state index is 0.0734. The zero-order valence-corrected chi connectivity index (χ0v) is 11.3. The molecule has 3 rings (SSSR count). The van der Waals surface area contributed by atoms with Crippen molar-refractivity contribution < 1.29 is 4.79 Å². The van der Waals surface area contributed by atoms with Gasteiger partial charge in [-0.05, 0) is 34.7 Å². The molecule has 0 fully saturated rings. The van der Waals surface area contributed by atoms with E-state index < -0.39 is 0 Å². The molecule has 19 heavy (non-hydrogen) atoms. The first-order valence-corrected chi connectivity index (χ1v) is 6.59. The molecule has 0 saturated carbocycles. The quantitative estimate of drug-likeness (QED) is 0.617. The number of benzene rings is 2. The van der Waals surface area contributed by atoms with Crippen molar-refractivity contribution in [2.75, 3.05) is 14.1 Å². The molecule has 2 heteroatoms.